The number of hydrogen-bond acceptors (Lipinski definition) is 4. The molecule has 1 heterocycles. The summed E-state index contributed by atoms with van der Waals surface area (Å²) in [4.78, 5) is 31.3. The molecule has 2 amide bonds. The van der Waals surface area contributed by atoms with Gasteiger partial charge in [-0.25, -0.2) is 9.38 Å². The van der Waals surface area contributed by atoms with E-state index < -0.39 is 5.82 Å². The number of amidine groups is 1. The van der Waals surface area contributed by atoms with Gasteiger partial charge in [0, 0.05) is 6.54 Å². The van der Waals surface area contributed by atoms with Crippen LogP contribution in [-0.2, 0) is 16.1 Å². The van der Waals surface area contributed by atoms with Crippen LogP contribution in [0.25, 0.3) is 6.08 Å². The number of aliphatic imine (C=N–C) groups is 1. The van der Waals surface area contributed by atoms with Crippen LogP contribution >= 0.6 is 11.8 Å². The molecule has 1 aliphatic heterocycles. The van der Waals surface area contributed by atoms with Gasteiger partial charge in [-0.3, -0.25) is 14.5 Å². The highest BCUT2D eigenvalue weighted by molar-refractivity contribution is 8.14. The Morgan fingerprint density at radius 3 is 2.31 bits per heavy atom. The van der Waals surface area contributed by atoms with E-state index in [9.17, 15) is 14.0 Å². The Bertz CT molecular complexity index is 1160. The maximum Gasteiger partial charge on any atom is 0.283 e. The fraction of sp³-hybridized carbons (Fsp3) is 0.0800. The van der Waals surface area contributed by atoms with Gasteiger partial charge in [-0.2, -0.15) is 0 Å². The van der Waals surface area contributed by atoms with E-state index in [-0.39, 0.29) is 23.3 Å². The van der Waals surface area contributed by atoms with Gasteiger partial charge in [0.2, 0.25) is 5.91 Å². The summed E-state index contributed by atoms with van der Waals surface area (Å²) in [7, 11) is 0. The molecule has 0 fully saturated rings. The molecule has 160 valence electrons. The first-order valence-electron chi connectivity index (χ1n) is 9.99. The molecule has 0 spiro atoms. The van der Waals surface area contributed by atoms with Gasteiger partial charge >= 0.3 is 0 Å². The summed E-state index contributed by atoms with van der Waals surface area (Å²) in [6, 6.07) is 24.6. The molecule has 3 aromatic carbocycles. The quantitative estimate of drug-likeness (QED) is 0.564. The van der Waals surface area contributed by atoms with Crippen molar-refractivity contribution in [2.45, 2.75) is 6.54 Å². The predicted octanol–water partition coefficient (Wildman–Crippen LogP) is 4.62. The largest absolute Gasteiger partial charge is 0.351 e. The van der Waals surface area contributed by atoms with Crippen molar-refractivity contribution in [2.75, 3.05) is 10.7 Å². The van der Waals surface area contributed by atoms with Crippen LogP contribution in [0.2, 0.25) is 0 Å². The summed E-state index contributed by atoms with van der Waals surface area (Å²) < 4.78 is 13.4. The van der Waals surface area contributed by atoms with Crippen molar-refractivity contribution in [2.24, 2.45) is 4.99 Å². The molecule has 0 aliphatic carbocycles. The van der Waals surface area contributed by atoms with E-state index in [1.807, 2.05) is 60.7 Å². The Balaban J connectivity index is 1.51. The van der Waals surface area contributed by atoms with E-state index in [0.29, 0.717) is 17.4 Å². The molecule has 32 heavy (non-hydrogen) atoms. The third kappa shape index (κ3) is 5.31. The molecule has 0 aromatic heterocycles. The lowest BCUT2D eigenvalue weighted by atomic mass is 10.2. The van der Waals surface area contributed by atoms with Gasteiger partial charge in [-0.05, 0) is 41.5 Å². The van der Waals surface area contributed by atoms with Crippen molar-refractivity contribution in [3.8, 4) is 0 Å². The molecule has 0 bridgehead atoms. The molecule has 1 N–H and O–H groups in total. The first-order valence-corrected chi connectivity index (χ1v) is 11.0. The van der Waals surface area contributed by atoms with E-state index in [4.69, 9.17) is 0 Å². The number of benzene rings is 3. The molecule has 1 aliphatic rings. The number of rotatable bonds is 6. The maximum atomic E-state index is 13.4. The standard InChI is InChI=1S/C25H20FN3O2S/c26-20-11-13-21(14-12-20)29-24(31)22(15-18-7-3-1-4-8-18)28-25(29)32-17-23(30)27-16-19-9-5-2-6-10-19/h1-15H,16-17H2,(H,27,30)/b22-15+. The SMILES string of the molecule is O=C(CSC1=N/C(=C/c2ccccc2)C(=O)N1c1ccc(F)cc1)NCc1ccccc1. The molecular weight excluding hydrogens is 425 g/mol. The average Bonchev–Trinajstić information content (AvgIpc) is 3.13. The van der Waals surface area contributed by atoms with Crippen molar-refractivity contribution in [3.05, 3.63) is 108 Å². The van der Waals surface area contributed by atoms with Crippen LogP contribution in [0.4, 0.5) is 10.1 Å². The van der Waals surface area contributed by atoms with Crippen LogP contribution in [0.15, 0.2) is 95.6 Å². The summed E-state index contributed by atoms with van der Waals surface area (Å²) in [6.45, 7) is 0.423. The Labute approximate surface area is 189 Å². The predicted molar refractivity (Wildman–Crippen MR) is 126 cm³/mol. The van der Waals surface area contributed by atoms with Crippen molar-refractivity contribution in [1.82, 2.24) is 5.32 Å². The van der Waals surface area contributed by atoms with Crippen LogP contribution in [0.1, 0.15) is 11.1 Å². The number of nitrogens with zero attached hydrogens (tertiary/aromatic N) is 2. The van der Waals surface area contributed by atoms with Gasteiger partial charge in [0.05, 0.1) is 11.4 Å². The van der Waals surface area contributed by atoms with Crippen LogP contribution in [-0.4, -0.2) is 22.7 Å². The Morgan fingerprint density at radius 1 is 0.969 bits per heavy atom. The number of carbonyl (C=O) groups is 2. The van der Waals surface area contributed by atoms with Crippen molar-refractivity contribution >= 4 is 40.5 Å². The number of anilines is 1. The highest BCUT2D eigenvalue weighted by Gasteiger charge is 2.32. The molecule has 5 nitrogen and oxygen atoms in total. The van der Waals surface area contributed by atoms with Gasteiger partial charge in [0.15, 0.2) is 5.17 Å². The zero-order valence-electron chi connectivity index (χ0n) is 17.1. The van der Waals surface area contributed by atoms with Gasteiger partial charge in [0.1, 0.15) is 11.5 Å². The normalized spacial score (nSPS) is 14.5. The topological polar surface area (TPSA) is 61.8 Å². The third-order valence-electron chi connectivity index (χ3n) is 4.68. The van der Waals surface area contributed by atoms with Gasteiger partial charge in [0.25, 0.3) is 5.91 Å². The first kappa shape index (κ1) is 21.5. The third-order valence-corrected chi connectivity index (χ3v) is 5.62. The summed E-state index contributed by atoms with van der Waals surface area (Å²) in [5.74, 6) is -0.803. The molecular formula is C25H20FN3O2S. The van der Waals surface area contributed by atoms with Gasteiger partial charge in [-0.1, -0.05) is 72.4 Å². The second-order valence-corrected chi connectivity index (χ2v) is 7.95. The Morgan fingerprint density at radius 2 is 1.62 bits per heavy atom. The zero-order chi connectivity index (χ0) is 22.3. The summed E-state index contributed by atoms with van der Waals surface area (Å²) in [5, 5.41) is 3.24. The fourth-order valence-corrected chi connectivity index (χ4v) is 3.94. The molecule has 4 rings (SSSR count). The number of hydrogen-bond donors (Lipinski definition) is 1. The summed E-state index contributed by atoms with van der Waals surface area (Å²) in [6.07, 6.45) is 1.70. The molecule has 3 aromatic rings. The smallest absolute Gasteiger partial charge is 0.283 e. The molecule has 0 unspecified atom stereocenters. The minimum atomic E-state index is -0.396. The highest BCUT2D eigenvalue weighted by atomic mass is 32.2. The van der Waals surface area contributed by atoms with E-state index in [2.05, 4.69) is 10.3 Å². The molecule has 7 heteroatoms. The van der Waals surface area contributed by atoms with Crippen LogP contribution in [0.5, 0.6) is 0 Å². The Kier molecular flexibility index (Phi) is 6.77. The first-order chi connectivity index (χ1) is 15.6. The fourth-order valence-electron chi connectivity index (χ4n) is 3.10. The number of halogens is 1. The zero-order valence-corrected chi connectivity index (χ0v) is 17.9. The Hall–Kier alpha value is -3.71. The minimum Gasteiger partial charge on any atom is -0.351 e. The minimum absolute atomic E-state index is 0.0925. The van der Waals surface area contributed by atoms with Gasteiger partial charge < -0.3 is 5.32 Å². The van der Waals surface area contributed by atoms with E-state index in [1.165, 1.54) is 29.2 Å². The highest BCUT2D eigenvalue weighted by Crippen LogP contribution is 2.29. The van der Waals surface area contributed by atoms with Gasteiger partial charge in [-0.15, -0.1) is 0 Å². The lowest BCUT2D eigenvalue weighted by Gasteiger charge is -2.17. The maximum absolute atomic E-state index is 13.4. The second kappa shape index (κ2) is 10.1. The van der Waals surface area contributed by atoms with Crippen molar-refractivity contribution < 1.29 is 14.0 Å². The van der Waals surface area contributed by atoms with Crippen LogP contribution in [0.3, 0.4) is 0 Å². The van der Waals surface area contributed by atoms with Crippen LogP contribution < -0.4 is 10.2 Å². The number of carbonyl (C=O) groups excluding carboxylic acids is 2. The molecule has 0 saturated carbocycles. The average molecular weight is 446 g/mol. The number of thioether (sulfide) groups is 1. The van der Waals surface area contributed by atoms with E-state index in [0.717, 1.165) is 22.9 Å². The lowest BCUT2D eigenvalue weighted by Crippen LogP contribution is -2.32. The van der Waals surface area contributed by atoms with Crippen molar-refractivity contribution in [3.63, 3.8) is 0 Å². The second-order valence-electron chi connectivity index (χ2n) is 7.00. The van der Waals surface area contributed by atoms with Crippen LogP contribution in [0, 0.1) is 5.82 Å². The monoisotopic (exact) mass is 445 g/mol. The van der Waals surface area contributed by atoms with E-state index in [1.54, 1.807) is 6.08 Å². The lowest BCUT2D eigenvalue weighted by molar-refractivity contribution is -0.118. The number of nitrogens with one attached hydrogen (secondary N) is 1. The number of amides is 2. The molecule has 0 saturated heterocycles. The summed E-state index contributed by atoms with van der Waals surface area (Å²) >= 11 is 1.16. The summed E-state index contributed by atoms with van der Waals surface area (Å²) in [5.41, 5.74) is 2.59. The van der Waals surface area contributed by atoms with E-state index >= 15 is 0 Å². The van der Waals surface area contributed by atoms with Crippen molar-refractivity contribution in [1.29, 1.82) is 0 Å². The molecule has 0 radical (unpaired) electrons. The molecule has 0 atom stereocenters.